The topological polar surface area (TPSA) is 64.3 Å². The number of nitrogens with one attached hydrogen (secondary N) is 1. The lowest BCUT2D eigenvalue weighted by Crippen LogP contribution is -2.42. The average Bonchev–Trinajstić information content (AvgIpc) is 2.61. The highest BCUT2D eigenvalue weighted by atomic mass is 16.5. The van der Waals surface area contributed by atoms with E-state index in [1.165, 1.54) is 24.8 Å². The van der Waals surface area contributed by atoms with Crippen LogP contribution in [0.2, 0.25) is 0 Å². The van der Waals surface area contributed by atoms with Gasteiger partial charge in [0.1, 0.15) is 5.75 Å². The van der Waals surface area contributed by atoms with Crippen LogP contribution in [0, 0.1) is 5.41 Å². The molecule has 2 rings (SSSR count). The second kappa shape index (κ2) is 8.02. The molecule has 0 bridgehead atoms. The van der Waals surface area contributed by atoms with E-state index in [-0.39, 0.29) is 16.7 Å². The number of nitrogens with two attached hydrogens (primary N) is 1. The summed E-state index contributed by atoms with van der Waals surface area (Å²) >= 11 is 0. The molecule has 1 aliphatic carbocycles. The van der Waals surface area contributed by atoms with Crippen LogP contribution in [-0.2, 0) is 10.2 Å². The maximum Gasteiger partial charge on any atom is 0.220 e. The molecule has 0 heterocycles. The van der Waals surface area contributed by atoms with Crippen LogP contribution in [0.25, 0.3) is 0 Å². The Hall–Kier alpha value is -1.55. The van der Waals surface area contributed by atoms with Gasteiger partial charge in [0, 0.05) is 18.4 Å². The summed E-state index contributed by atoms with van der Waals surface area (Å²) in [6.07, 6.45) is 6.39. The fourth-order valence-electron chi connectivity index (χ4n) is 3.62. The summed E-state index contributed by atoms with van der Waals surface area (Å²) in [5, 5.41) is 3.13. The Labute approximate surface area is 146 Å². The van der Waals surface area contributed by atoms with Crippen molar-refractivity contribution in [2.24, 2.45) is 11.1 Å². The molecule has 1 saturated carbocycles. The summed E-state index contributed by atoms with van der Waals surface area (Å²) in [5.74, 6) is 0.977. The first-order valence-electron chi connectivity index (χ1n) is 9.02. The smallest absolute Gasteiger partial charge is 0.220 e. The van der Waals surface area contributed by atoms with E-state index in [1.54, 1.807) is 7.11 Å². The van der Waals surface area contributed by atoms with Crippen molar-refractivity contribution in [2.75, 3.05) is 20.2 Å². The molecule has 0 unspecified atom stereocenters. The highest BCUT2D eigenvalue weighted by molar-refractivity contribution is 5.76. The molecule has 134 valence electrons. The molecular weight excluding hydrogens is 300 g/mol. The maximum absolute atomic E-state index is 12.5. The Morgan fingerprint density at radius 3 is 2.38 bits per heavy atom. The fraction of sp³-hybridized carbons (Fsp3) is 0.650. The number of carbonyl (C=O) groups is 1. The second-order valence-electron chi connectivity index (χ2n) is 7.83. The van der Waals surface area contributed by atoms with Crippen LogP contribution < -0.4 is 15.8 Å². The summed E-state index contributed by atoms with van der Waals surface area (Å²) in [4.78, 5) is 12.5. The highest BCUT2D eigenvalue weighted by Crippen LogP contribution is 2.38. The van der Waals surface area contributed by atoms with Crippen molar-refractivity contribution in [2.45, 2.75) is 57.8 Å². The van der Waals surface area contributed by atoms with E-state index in [1.807, 2.05) is 12.1 Å². The monoisotopic (exact) mass is 332 g/mol. The maximum atomic E-state index is 12.5. The van der Waals surface area contributed by atoms with Crippen LogP contribution in [0.3, 0.4) is 0 Å². The SMILES string of the molecule is COc1ccc(C(C)(C)CNC(=O)CC2(CN)CCCCC2)cc1. The van der Waals surface area contributed by atoms with Crippen molar-refractivity contribution in [3.8, 4) is 5.75 Å². The Morgan fingerprint density at radius 1 is 1.21 bits per heavy atom. The molecule has 0 aliphatic heterocycles. The Balaban J connectivity index is 1.91. The molecule has 1 amide bonds. The number of carbonyl (C=O) groups excluding carboxylic acids is 1. The van der Waals surface area contributed by atoms with Gasteiger partial charge in [-0.15, -0.1) is 0 Å². The molecule has 1 aliphatic rings. The van der Waals surface area contributed by atoms with Gasteiger partial charge in [-0.05, 0) is 42.5 Å². The van der Waals surface area contributed by atoms with Gasteiger partial charge in [-0.1, -0.05) is 45.2 Å². The van der Waals surface area contributed by atoms with E-state index >= 15 is 0 Å². The molecule has 1 fully saturated rings. The quantitative estimate of drug-likeness (QED) is 0.804. The first-order chi connectivity index (χ1) is 11.4. The van der Waals surface area contributed by atoms with Gasteiger partial charge >= 0.3 is 0 Å². The number of hydrogen-bond acceptors (Lipinski definition) is 3. The number of amides is 1. The molecule has 4 heteroatoms. The summed E-state index contributed by atoms with van der Waals surface area (Å²) in [6, 6.07) is 8.05. The molecule has 3 N–H and O–H groups in total. The average molecular weight is 332 g/mol. The van der Waals surface area contributed by atoms with Crippen molar-refractivity contribution < 1.29 is 9.53 Å². The van der Waals surface area contributed by atoms with Crippen LogP contribution in [0.4, 0.5) is 0 Å². The normalized spacial score (nSPS) is 17.3. The zero-order chi connectivity index (χ0) is 17.6. The third kappa shape index (κ3) is 4.73. The van der Waals surface area contributed by atoms with E-state index in [0.717, 1.165) is 18.6 Å². The standard InChI is InChI=1S/C20H32N2O2/c1-19(2,16-7-9-17(24-3)10-8-16)15-22-18(23)13-20(14-21)11-5-4-6-12-20/h7-10H,4-6,11-15,21H2,1-3H3,(H,22,23). The van der Waals surface area contributed by atoms with Gasteiger partial charge in [0.15, 0.2) is 0 Å². The number of benzene rings is 1. The number of ether oxygens (including phenoxy) is 1. The number of hydrogen-bond donors (Lipinski definition) is 2. The third-order valence-corrected chi connectivity index (χ3v) is 5.48. The second-order valence-corrected chi connectivity index (χ2v) is 7.83. The number of methoxy groups -OCH3 is 1. The first kappa shape index (κ1) is 18.8. The van der Waals surface area contributed by atoms with Crippen LogP contribution in [0.5, 0.6) is 5.75 Å². The highest BCUT2D eigenvalue weighted by Gasteiger charge is 2.33. The van der Waals surface area contributed by atoms with E-state index < -0.39 is 0 Å². The van der Waals surface area contributed by atoms with Crippen LogP contribution in [-0.4, -0.2) is 26.1 Å². The molecular formula is C20H32N2O2. The van der Waals surface area contributed by atoms with Gasteiger partial charge in [0.05, 0.1) is 7.11 Å². The van der Waals surface area contributed by atoms with Crippen LogP contribution in [0.15, 0.2) is 24.3 Å². The molecule has 0 atom stereocenters. The number of rotatable bonds is 7. The van der Waals surface area contributed by atoms with E-state index in [4.69, 9.17) is 10.5 Å². The summed E-state index contributed by atoms with van der Waals surface area (Å²) in [7, 11) is 1.67. The molecule has 4 nitrogen and oxygen atoms in total. The lowest BCUT2D eigenvalue weighted by atomic mass is 9.71. The van der Waals surface area contributed by atoms with Crippen molar-refractivity contribution in [3.63, 3.8) is 0 Å². The summed E-state index contributed by atoms with van der Waals surface area (Å²) < 4.78 is 5.21. The molecule has 0 spiro atoms. The minimum atomic E-state index is -0.121. The van der Waals surface area contributed by atoms with Crippen molar-refractivity contribution in [1.29, 1.82) is 0 Å². The third-order valence-electron chi connectivity index (χ3n) is 5.48. The zero-order valence-electron chi connectivity index (χ0n) is 15.4. The lowest BCUT2D eigenvalue weighted by molar-refractivity contribution is -0.124. The van der Waals surface area contributed by atoms with Gasteiger partial charge in [-0.2, -0.15) is 0 Å². The Bertz CT molecular complexity index is 531. The van der Waals surface area contributed by atoms with Crippen molar-refractivity contribution in [3.05, 3.63) is 29.8 Å². The Morgan fingerprint density at radius 2 is 1.83 bits per heavy atom. The van der Waals surface area contributed by atoms with Gasteiger partial charge in [0.25, 0.3) is 0 Å². The predicted octanol–water partition coefficient (Wildman–Crippen LogP) is 3.39. The molecule has 24 heavy (non-hydrogen) atoms. The minimum Gasteiger partial charge on any atom is -0.497 e. The zero-order valence-corrected chi connectivity index (χ0v) is 15.4. The minimum absolute atomic E-state index is 0.0204. The molecule has 0 saturated heterocycles. The first-order valence-corrected chi connectivity index (χ1v) is 9.02. The van der Waals surface area contributed by atoms with Crippen LogP contribution >= 0.6 is 0 Å². The molecule has 0 radical (unpaired) electrons. The van der Waals surface area contributed by atoms with Gasteiger partial charge < -0.3 is 15.8 Å². The molecule has 1 aromatic rings. The van der Waals surface area contributed by atoms with Crippen molar-refractivity contribution in [1.82, 2.24) is 5.32 Å². The Kier molecular flexibility index (Phi) is 6.27. The van der Waals surface area contributed by atoms with Gasteiger partial charge in [-0.3, -0.25) is 4.79 Å². The van der Waals surface area contributed by atoms with E-state index in [9.17, 15) is 4.79 Å². The molecule has 0 aromatic heterocycles. The summed E-state index contributed by atoms with van der Waals surface area (Å²) in [5.41, 5.74) is 7.08. The van der Waals surface area contributed by atoms with Crippen molar-refractivity contribution >= 4 is 5.91 Å². The van der Waals surface area contributed by atoms with Gasteiger partial charge in [-0.25, -0.2) is 0 Å². The molecule has 1 aromatic carbocycles. The lowest BCUT2D eigenvalue weighted by Gasteiger charge is -2.36. The predicted molar refractivity (Wildman–Crippen MR) is 98.2 cm³/mol. The van der Waals surface area contributed by atoms with Gasteiger partial charge in [0.2, 0.25) is 5.91 Å². The van der Waals surface area contributed by atoms with E-state index in [0.29, 0.717) is 19.5 Å². The largest absolute Gasteiger partial charge is 0.497 e. The van der Waals surface area contributed by atoms with E-state index in [2.05, 4.69) is 31.3 Å². The van der Waals surface area contributed by atoms with Crippen LogP contribution in [0.1, 0.15) is 57.9 Å². The fourth-order valence-corrected chi connectivity index (χ4v) is 3.62. The summed E-state index contributed by atoms with van der Waals surface area (Å²) in [6.45, 7) is 5.53.